The maximum absolute atomic E-state index is 12.4. The van der Waals surface area contributed by atoms with E-state index < -0.39 is 0 Å². The number of nitrogens with one attached hydrogen (secondary N) is 1. The van der Waals surface area contributed by atoms with Crippen molar-refractivity contribution in [2.24, 2.45) is 0 Å². The van der Waals surface area contributed by atoms with Crippen LogP contribution in [0.25, 0.3) is 0 Å². The molecule has 0 bridgehead atoms. The molecule has 7 heteroatoms. The van der Waals surface area contributed by atoms with Crippen molar-refractivity contribution in [3.63, 3.8) is 0 Å². The van der Waals surface area contributed by atoms with Gasteiger partial charge in [-0.1, -0.05) is 13.8 Å². The average molecular weight is 386 g/mol. The predicted molar refractivity (Wildman–Crippen MR) is 110 cm³/mol. The number of amides is 1. The van der Waals surface area contributed by atoms with Gasteiger partial charge in [-0.25, -0.2) is 9.97 Å². The highest BCUT2D eigenvalue weighted by Gasteiger charge is 2.20. The van der Waals surface area contributed by atoms with E-state index in [0.717, 1.165) is 50.5 Å². The molecule has 1 aliphatic heterocycles. The van der Waals surface area contributed by atoms with Crippen molar-refractivity contribution in [3.8, 4) is 0 Å². The van der Waals surface area contributed by atoms with E-state index >= 15 is 0 Å². The van der Waals surface area contributed by atoms with E-state index in [1.54, 1.807) is 13.3 Å². The van der Waals surface area contributed by atoms with Crippen molar-refractivity contribution in [2.45, 2.75) is 51.7 Å². The monoisotopic (exact) mass is 385 g/mol. The second-order valence-corrected chi connectivity index (χ2v) is 7.59. The Kier molecular flexibility index (Phi) is 7.03. The van der Waals surface area contributed by atoms with Crippen LogP contribution >= 0.6 is 0 Å². The molecule has 28 heavy (non-hydrogen) atoms. The summed E-state index contributed by atoms with van der Waals surface area (Å²) in [6.07, 6.45) is 8.79. The third-order valence-corrected chi connectivity index (χ3v) is 5.17. The van der Waals surface area contributed by atoms with Gasteiger partial charge in [-0.3, -0.25) is 4.79 Å². The number of aryl methyl sites for hydroxylation is 1. The highest BCUT2D eigenvalue weighted by molar-refractivity contribution is 5.94. The summed E-state index contributed by atoms with van der Waals surface area (Å²) in [6, 6.07) is 3.77. The Labute approximate surface area is 167 Å². The van der Waals surface area contributed by atoms with Crippen molar-refractivity contribution in [1.29, 1.82) is 0 Å². The number of pyridine rings is 1. The van der Waals surface area contributed by atoms with E-state index in [1.165, 1.54) is 0 Å². The lowest BCUT2D eigenvalue weighted by atomic mass is 10.1. The van der Waals surface area contributed by atoms with Gasteiger partial charge in [0, 0.05) is 57.8 Å². The van der Waals surface area contributed by atoms with E-state index in [0.29, 0.717) is 18.0 Å². The third-order valence-electron chi connectivity index (χ3n) is 5.17. The van der Waals surface area contributed by atoms with E-state index in [4.69, 9.17) is 4.74 Å². The number of methoxy groups -OCH3 is 1. The van der Waals surface area contributed by atoms with Crippen LogP contribution < -0.4 is 10.2 Å². The standard InChI is InChI=1S/C21H31N5O2/c1-16(2)20-22-10-13-25(20)12-5-9-23-21(27)17-7-8-19(24-14-17)26-11-4-6-18(15-26)28-3/h7-8,10,13-14,16,18H,4-6,9,11-12,15H2,1-3H3,(H,23,27). The maximum atomic E-state index is 12.4. The molecule has 1 unspecified atom stereocenters. The summed E-state index contributed by atoms with van der Waals surface area (Å²) in [7, 11) is 1.76. The van der Waals surface area contributed by atoms with Gasteiger partial charge in [0.1, 0.15) is 11.6 Å². The van der Waals surface area contributed by atoms with Crippen molar-refractivity contribution in [3.05, 3.63) is 42.1 Å². The van der Waals surface area contributed by atoms with E-state index in [1.807, 2.05) is 24.5 Å². The largest absolute Gasteiger partial charge is 0.380 e. The molecule has 3 rings (SSSR count). The van der Waals surface area contributed by atoms with Crippen LogP contribution in [-0.2, 0) is 11.3 Å². The van der Waals surface area contributed by atoms with Crippen molar-refractivity contribution in [1.82, 2.24) is 19.9 Å². The Hall–Kier alpha value is -2.41. The number of ether oxygens (including phenoxy) is 1. The molecule has 0 aromatic carbocycles. The molecule has 0 radical (unpaired) electrons. The maximum Gasteiger partial charge on any atom is 0.252 e. The van der Waals surface area contributed by atoms with E-state index in [9.17, 15) is 4.79 Å². The molecule has 0 spiro atoms. The molecule has 7 nitrogen and oxygen atoms in total. The molecular weight excluding hydrogens is 354 g/mol. The summed E-state index contributed by atoms with van der Waals surface area (Å²) in [5.74, 6) is 2.30. The third kappa shape index (κ3) is 5.10. The van der Waals surface area contributed by atoms with Gasteiger partial charge in [0.2, 0.25) is 0 Å². The fourth-order valence-electron chi connectivity index (χ4n) is 3.61. The molecule has 1 atom stereocenters. The van der Waals surface area contributed by atoms with Gasteiger partial charge in [0.25, 0.3) is 5.91 Å². The Morgan fingerprint density at radius 3 is 2.93 bits per heavy atom. The molecule has 1 saturated heterocycles. The molecule has 1 amide bonds. The first-order chi connectivity index (χ1) is 13.6. The Balaban J connectivity index is 1.46. The lowest BCUT2D eigenvalue weighted by Gasteiger charge is -2.32. The first-order valence-electron chi connectivity index (χ1n) is 10.1. The van der Waals surface area contributed by atoms with Gasteiger partial charge in [-0.05, 0) is 31.4 Å². The van der Waals surface area contributed by atoms with E-state index in [-0.39, 0.29) is 12.0 Å². The van der Waals surface area contributed by atoms with E-state index in [2.05, 4.69) is 38.6 Å². The van der Waals surface area contributed by atoms with Crippen molar-refractivity contribution >= 4 is 11.7 Å². The molecule has 1 aliphatic rings. The van der Waals surface area contributed by atoms with Crippen LogP contribution in [0.3, 0.4) is 0 Å². The van der Waals surface area contributed by atoms with Crippen molar-refractivity contribution < 1.29 is 9.53 Å². The number of piperidine rings is 1. The number of carbonyl (C=O) groups is 1. The Morgan fingerprint density at radius 1 is 1.36 bits per heavy atom. The zero-order valence-corrected chi connectivity index (χ0v) is 17.1. The minimum absolute atomic E-state index is 0.0813. The number of anilines is 1. The first kappa shape index (κ1) is 20.3. The highest BCUT2D eigenvalue weighted by atomic mass is 16.5. The van der Waals surface area contributed by atoms with Gasteiger partial charge in [-0.2, -0.15) is 0 Å². The SMILES string of the molecule is COC1CCCN(c2ccc(C(=O)NCCCn3ccnc3C(C)C)cn2)C1. The van der Waals surface area contributed by atoms with Crippen LogP contribution in [0.2, 0.25) is 0 Å². The molecule has 1 N–H and O–H groups in total. The number of hydrogen-bond donors (Lipinski definition) is 1. The molecule has 2 aromatic rings. The quantitative estimate of drug-likeness (QED) is 0.708. The molecule has 0 aliphatic carbocycles. The Bertz CT molecular complexity index is 756. The number of carbonyl (C=O) groups excluding carboxylic acids is 1. The topological polar surface area (TPSA) is 72.3 Å². The highest BCUT2D eigenvalue weighted by Crippen LogP contribution is 2.19. The van der Waals surface area contributed by atoms with Crippen molar-refractivity contribution in [2.75, 3.05) is 31.6 Å². The molecule has 3 heterocycles. The summed E-state index contributed by atoms with van der Waals surface area (Å²) in [6.45, 7) is 7.57. The fourth-order valence-corrected chi connectivity index (χ4v) is 3.61. The van der Waals surface area contributed by atoms with Crippen LogP contribution in [0.15, 0.2) is 30.7 Å². The lowest BCUT2D eigenvalue weighted by Crippen LogP contribution is -2.39. The second kappa shape index (κ2) is 9.68. The summed E-state index contributed by atoms with van der Waals surface area (Å²) >= 11 is 0. The lowest BCUT2D eigenvalue weighted by molar-refractivity contribution is 0.0891. The first-order valence-corrected chi connectivity index (χ1v) is 10.1. The van der Waals surface area contributed by atoms with Crippen LogP contribution in [-0.4, -0.2) is 53.3 Å². The number of rotatable bonds is 8. The number of aromatic nitrogens is 3. The summed E-state index contributed by atoms with van der Waals surface area (Å²) in [5, 5.41) is 2.98. The number of hydrogen-bond acceptors (Lipinski definition) is 5. The summed E-state index contributed by atoms with van der Waals surface area (Å²) < 4.78 is 7.62. The van der Waals surface area contributed by atoms with Gasteiger partial charge in [0.15, 0.2) is 0 Å². The normalized spacial score (nSPS) is 17.1. The molecular formula is C21H31N5O2. The molecule has 2 aromatic heterocycles. The van der Waals surface area contributed by atoms with Gasteiger partial charge in [0.05, 0.1) is 11.7 Å². The van der Waals surface area contributed by atoms with Gasteiger partial charge in [-0.15, -0.1) is 0 Å². The van der Waals surface area contributed by atoms with Gasteiger partial charge >= 0.3 is 0 Å². The molecule has 1 fully saturated rings. The summed E-state index contributed by atoms with van der Waals surface area (Å²) in [4.78, 5) is 23.5. The molecule has 0 saturated carbocycles. The second-order valence-electron chi connectivity index (χ2n) is 7.59. The predicted octanol–water partition coefficient (Wildman–Crippen LogP) is 2.84. The van der Waals surface area contributed by atoms with Crippen LogP contribution in [0.4, 0.5) is 5.82 Å². The zero-order chi connectivity index (χ0) is 19.9. The minimum Gasteiger partial charge on any atom is -0.380 e. The van der Waals surface area contributed by atoms with Crippen LogP contribution in [0.1, 0.15) is 55.2 Å². The van der Waals surface area contributed by atoms with Crippen LogP contribution in [0, 0.1) is 0 Å². The number of nitrogens with zero attached hydrogens (tertiary/aromatic N) is 4. The zero-order valence-electron chi connectivity index (χ0n) is 17.1. The summed E-state index contributed by atoms with van der Waals surface area (Å²) in [5.41, 5.74) is 0.592. The Morgan fingerprint density at radius 2 is 2.21 bits per heavy atom. The minimum atomic E-state index is -0.0813. The number of imidazole rings is 1. The smallest absolute Gasteiger partial charge is 0.252 e. The van der Waals surface area contributed by atoms with Crippen LogP contribution in [0.5, 0.6) is 0 Å². The molecule has 152 valence electrons. The van der Waals surface area contributed by atoms with Gasteiger partial charge < -0.3 is 19.5 Å². The average Bonchev–Trinajstić information content (AvgIpc) is 3.20. The fraction of sp³-hybridized carbons (Fsp3) is 0.571.